The van der Waals surface area contributed by atoms with Crippen LogP contribution >= 0.6 is 10.7 Å². The highest BCUT2D eigenvalue weighted by atomic mass is 35.7. The minimum atomic E-state index is -3.83. The molecule has 2 heterocycles. The Balaban J connectivity index is 2.31. The van der Waals surface area contributed by atoms with Gasteiger partial charge in [0.2, 0.25) is 5.89 Å². The van der Waals surface area contributed by atoms with Gasteiger partial charge < -0.3 is 9.09 Å². The Morgan fingerprint density at radius 2 is 2.05 bits per heavy atom. The van der Waals surface area contributed by atoms with Gasteiger partial charge in [0, 0.05) is 29.7 Å². The van der Waals surface area contributed by atoms with Crippen LogP contribution in [0.4, 0.5) is 0 Å². The summed E-state index contributed by atoms with van der Waals surface area (Å²) in [5, 5.41) is 3.61. The second-order valence-electron chi connectivity index (χ2n) is 3.87. The van der Waals surface area contributed by atoms with Gasteiger partial charge in [0.15, 0.2) is 10.9 Å². The van der Waals surface area contributed by atoms with E-state index in [-0.39, 0.29) is 11.6 Å². The average molecular weight is 305 g/mol. The fraction of sp³-hybridized carbons (Fsp3) is 0.500. The quantitative estimate of drug-likeness (QED) is 0.775. The molecule has 0 aliphatic rings. The summed E-state index contributed by atoms with van der Waals surface area (Å²) >= 11 is 0. The molecule has 0 radical (unpaired) electrons. The first-order valence-electron chi connectivity index (χ1n) is 5.76. The van der Waals surface area contributed by atoms with Crippen molar-refractivity contribution in [2.45, 2.75) is 38.3 Å². The maximum absolute atomic E-state index is 11.3. The third-order valence-electron chi connectivity index (χ3n) is 2.54. The molecule has 0 bridgehead atoms. The van der Waals surface area contributed by atoms with Crippen LogP contribution in [0.2, 0.25) is 0 Å². The van der Waals surface area contributed by atoms with E-state index in [1.165, 1.54) is 6.20 Å². The predicted octanol–water partition coefficient (Wildman–Crippen LogP) is 1.37. The number of nitrogens with zero attached hydrogens (tertiary/aromatic N) is 4. The van der Waals surface area contributed by atoms with Crippen LogP contribution in [0.3, 0.4) is 0 Å². The molecule has 2 aromatic heterocycles. The van der Waals surface area contributed by atoms with Crippen molar-refractivity contribution in [3.63, 3.8) is 0 Å². The van der Waals surface area contributed by atoms with Gasteiger partial charge in [-0.1, -0.05) is 19.0 Å². The molecule has 0 aliphatic heterocycles. The van der Waals surface area contributed by atoms with Gasteiger partial charge in [-0.25, -0.2) is 13.4 Å². The maximum Gasteiger partial charge on any atom is 0.280 e. The van der Waals surface area contributed by atoms with E-state index in [0.717, 1.165) is 0 Å². The molecule has 0 saturated carbocycles. The smallest absolute Gasteiger partial charge is 0.280 e. The van der Waals surface area contributed by atoms with E-state index in [1.807, 2.05) is 13.8 Å². The molecule has 2 rings (SSSR count). The number of aromatic nitrogens is 4. The van der Waals surface area contributed by atoms with Crippen molar-refractivity contribution in [3.05, 3.63) is 23.7 Å². The van der Waals surface area contributed by atoms with E-state index in [9.17, 15) is 8.42 Å². The number of aryl methyl sites for hydroxylation is 2. The molecule has 0 saturated heterocycles. The molecule has 0 N–H and O–H groups in total. The molecule has 9 heteroatoms. The Bertz CT molecular complexity index is 677. The Hall–Kier alpha value is -1.41. The highest BCUT2D eigenvalue weighted by Crippen LogP contribution is 2.16. The van der Waals surface area contributed by atoms with E-state index in [0.29, 0.717) is 30.4 Å². The highest BCUT2D eigenvalue weighted by Gasteiger charge is 2.18. The molecule has 7 nitrogen and oxygen atoms in total. The van der Waals surface area contributed by atoms with Gasteiger partial charge in [0.05, 0.1) is 0 Å². The fourth-order valence-electron chi connectivity index (χ4n) is 1.61. The summed E-state index contributed by atoms with van der Waals surface area (Å²) in [6.07, 6.45) is 2.62. The molecule has 0 aromatic carbocycles. The molecule has 0 aliphatic carbocycles. The maximum atomic E-state index is 11.3. The van der Waals surface area contributed by atoms with Gasteiger partial charge in [-0.3, -0.25) is 0 Å². The van der Waals surface area contributed by atoms with Crippen LogP contribution in [0.25, 0.3) is 0 Å². The molecule has 0 atom stereocenters. The van der Waals surface area contributed by atoms with Gasteiger partial charge in [0.25, 0.3) is 9.05 Å². The van der Waals surface area contributed by atoms with Crippen molar-refractivity contribution in [1.82, 2.24) is 19.7 Å². The van der Waals surface area contributed by atoms with E-state index >= 15 is 0 Å². The van der Waals surface area contributed by atoms with E-state index in [2.05, 4.69) is 15.1 Å². The van der Waals surface area contributed by atoms with Crippen molar-refractivity contribution in [2.75, 3.05) is 0 Å². The zero-order valence-corrected chi connectivity index (χ0v) is 12.1. The van der Waals surface area contributed by atoms with Crippen LogP contribution in [0.5, 0.6) is 0 Å². The molecule has 19 heavy (non-hydrogen) atoms. The molecule has 104 valence electrons. The Morgan fingerprint density at radius 1 is 1.32 bits per heavy atom. The normalized spacial score (nSPS) is 11.9. The SMILES string of the molecule is CCc1noc(Cn2cc(S(=O)(=O)Cl)nc2CC)n1. The Kier molecular flexibility index (Phi) is 3.91. The van der Waals surface area contributed by atoms with Crippen LogP contribution in [0.1, 0.15) is 31.4 Å². The zero-order valence-electron chi connectivity index (χ0n) is 10.5. The lowest BCUT2D eigenvalue weighted by atomic mass is 10.4. The molecule has 0 fully saturated rings. The first-order valence-corrected chi connectivity index (χ1v) is 8.07. The summed E-state index contributed by atoms with van der Waals surface area (Å²) < 4.78 is 29.2. The minimum Gasteiger partial charge on any atom is -0.337 e. The van der Waals surface area contributed by atoms with Gasteiger partial charge in [-0.05, 0) is 0 Å². The number of imidazole rings is 1. The summed E-state index contributed by atoms with van der Waals surface area (Å²) in [7, 11) is 1.44. The predicted molar refractivity (Wildman–Crippen MR) is 67.4 cm³/mol. The number of halogens is 1. The summed E-state index contributed by atoms with van der Waals surface area (Å²) in [5.41, 5.74) is 0. The Labute approximate surface area is 115 Å². The van der Waals surface area contributed by atoms with Crippen molar-refractivity contribution < 1.29 is 12.9 Å². The number of hydrogen-bond acceptors (Lipinski definition) is 6. The zero-order chi connectivity index (χ0) is 14.0. The van der Waals surface area contributed by atoms with Crippen LogP contribution in [-0.2, 0) is 28.4 Å². The lowest BCUT2D eigenvalue weighted by molar-refractivity contribution is 0.365. The first-order chi connectivity index (χ1) is 8.94. The highest BCUT2D eigenvalue weighted by molar-refractivity contribution is 8.13. The summed E-state index contributed by atoms with van der Waals surface area (Å²) in [4.78, 5) is 8.14. The summed E-state index contributed by atoms with van der Waals surface area (Å²) in [6.45, 7) is 4.06. The van der Waals surface area contributed by atoms with Gasteiger partial charge in [-0.2, -0.15) is 4.98 Å². The van der Waals surface area contributed by atoms with Crippen LogP contribution in [0, 0.1) is 0 Å². The standard InChI is InChI=1S/C10H13ClN4O3S/c1-3-7-12-9(18-14-7)5-15-6-10(19(11,16)17)13-8(15)4-2/h6H,3-5H2,1-2H3. The molecule has 0 spiro atoms. The van der Waals surface area contributed by atoms with E-state index in [1.54, 1.807) is 4.57 Å². The third-order valence-corrected chi connectivity index (χ3v) is 3.71. The largest absolute Gasteiger partial charge is 0.337 e. The lowest BCUT2D eigenvalue weighted by Gasteiger charge is -2.00. The Morgan fingerprint density at radius 3 is 2.58 bits per heavy atom. The van der Waals surface area contributed by atoms with Gasteiger partial charge in [-0.15, -0.1) is 0 Å². The molecule has 0 amide bonds. The third kappa shape index (κ3) is 3.13. The molecular weight excluding hydrogens is 292 g/mol. The topological polar surface area (TPSA) is 90.9 Å². The summed E-state index contributed by atoms with van der Waals surface area (Å²) in [6, 6.07) is 0. The van der Waals surface area contributed by atoms with E-state index < -0.39 is 9.05 Å². The van der Waals surface area contributed by atoms with Crippen molar-refractivity contribution in [1.29, 1.82) is 0 Å². The first kappa shape index (κ1) is 14.0. The second kappa shape index (κ2) is 5.30. The molecule has 0 unspecified atom stereocenters. The van der Waals surface area contributed by atoms with E-state index in [4.69, 9.17) is 15.2 Å². The average Bonchev–Trinajstić information content (AvgIpc) is 2.95. The molecule has 2 aromatic rings. The van der Waals surface area contributed by atoms with Crippen molar-refractivity contribution in [2.24, 2.45) is 0 Å². The van der Waals surface area contributed by atoms with Gasteiger partial charge in [0.1, 0.15) is 12.4 Å². The van der Waals surface area contributed by atoms with Crippen LogP contribution in [-0.4, -0.2) is 28.1 Å². The fourth-order valence-corrected chi connectivity index (χ4v) is 2.30. The van der Waals surface area contributed by atoms with Crippen LogP contribution < -0.4 is 0 Å². The van der Waals surface area contributed by atoms with Crippen molar-refractivity contribution >= 4 is 19.7 Å². The monoisotopic (exact) mass is 304 g/mol. The number of rotatable bonds is 5. The number of hydrogen-bond donors (Lipinski definition) is 0. The van der Waals surface area contributed by atoms with Gasteiger partial charge >= 0.3 is 0 Å². The minimum absolute atomic E-state index is 0.166. The van der Waals surface area contributed by atoms with Crippen LogP contribution in [0.15, 0.2) is 15.7 Å². The second-order valence-corrected chi connectivity index (χ2v) is 6.39. The summed E-state index contributed by atoms with van der Waals surface area (Å²) in [5.74, 6) is 1.61. The lowest BCUT2D eigenvalue weighted by Crippen LogP contribution is -2.03. The molecular formula is C10H13ClN4O3S. The van der Waals surface area contributed by atoms with Crippen molar-refractivity contribution in [3.8, 4) is 0 Å².